The predicted molar refractivity (Wildman–Crippen MR) is 80.8 cm³/mol. The van der Waals surface area contributed by atoms with E-state index in [9.17, 15) is 5.11 Å². The highest BCUT2D eigenvalue weighted by molar-refractivity contribution is 7.99. The monoisotopic (exact) mass is 276 g/mol. The fourth-order valence-corrected chi connectivity index (χ4v) is 2.74. The third-order valence-corrected chi connectivity index (χ3v) is 3.94. The fourth-order valence-electron chi connectivity index (χ4n) is 2.08. The lowest BCUT2D eigenvalue weighted by Crippen LogP contribution is -2.04. The number of hydrogen-bond donors (Lipinski definition) is 1. The Labute approximate surface area is 118 Å². The van der Waals surface area contributed by atoms with Crippen LogP contribution in [0.15, 0.2) is 29.2 Å². The minimum absolute atomic E-state index is 0.245. The second kappa shape index (κ2) is 5.70. The third kappa shape index (κ3) is 2.78. The van der Waals surface area contributed by atoms with Crippen LogP contribution in [0.4, 0.5) is 0 Å². The number of thioether (sulfide) groups is 1. The summed E-state index contributed by atoms with van der Waals surface area (Å²) in [5.41, 5.74) is 2.44. The molecular formula is C15H20N2OS. The van der Waals surface area contributed by atoms with Gasteiger partial charge in [-0.1, -0.05) is 19.1 Å². The van der Waals surface area contributed by atoms with Gasteiger partial charge >= 0.3 is 0 Å². The number of hydrogen-bond acceptors (Lipinski definition) is 3. The second-order valence-corrected chi connectivity index (χ2v) is 6.12. The molecule has 4 heteroatoms. The number of aromatic hydroxyl groups is 1. The first-order valence-corrected chi connectivity index (χ1v) is 7.54. The van der Waals surface area contributed by atoms with Crippen LogP contribution >= 0.6 is 11.8 Å². The molecule has 0 aliphatic heterocycles. The smallest absolute Gasteiger partial charge is 0.164 e. The van der Waals surface area contributed by atoms with Crippen LogP contribution < -0.4 is 0 Å². The number of benzene rings is 1. The van der Waals surface area contributed by atoms with Gasteiger partial charge < -0.3 is 5.11 Å². The van der Waals surface area contributed by atoms with Crippen molar-refractivity contribution >= 4 is 11.8 Å². The van der Waals surface area contributed by atoms with Crippen LogP contribution in [0.3, 0.4) is 0 Å². The Bertz CT molecular complexity index is 558. The molecule has 1 aromatic carbocycles. The lowest BCUT2D eigenvalue weighted by molar-refractivity contribution is 0.461. The minimum Gasteiger partial charge on any atom is -0.504 e. The lowest BCUT2D eigenvalue weighted by atomic mass is 10.1. The first-order chi connectivity index (χ1) is 9.04. The summed E-state index contributed by atoms with van der Waals surface area (Å²) in [4.78, 5) is 1.24. The third-order valence-electron chi connectivity index (χ3n) is 3.05. The van der Waals surface area contributed by atoms with Crippen molar-refractivity contribution in [2.75, 3.05) is 5.75 Å². The number of nitrogens with zero attached hydrogens (tertiary/aromatic N) is 2. The molecule has 0 saturated carbocycles. The van der Waals surface area contributed by atoms with E-state index in [4.69, 9.17) is 0 Å². The summed E-state index contributed by atoms with van der Waals surface area (Å²) < 4.78 is 1.86. The Balaban J connectivity index is 2.39. The molecule has 0 saturated heterocycles. The molecule has 0 spiro atoms. The van der Waals surface area contributed by atoms with Crippen molar-refractivity contribution in [2.45, 2.75) is 38.6 Å². The highest BCUT2D eigenvalue weighted by Gasteiger charge is 2.16. The molecule has 0 unspecified atom stereocenters. The standard InChI is InChI=1S/C15H20N2OS/c1-5-19-13-8-6-12(7-9-13)14-15(18)11(4)17(16-14)10(2)3/h6-10,18H,5H2,1-4H3. The predicted octanol–water partition coefficient (Wildman–Crippen LogP) is 4.26. The van der Waals surface area contributed by atoms with Gasteiger partial charge in [0.1, 0.15) is 5.69 Å². The minimum atomic E-state index is 0.245. The molecule has 1 heterocycles. The van der Waals surface area contributed by atoms with Crippen LogP contribution in [0, 0.1) is 6.92 Å². The first kappa shape index (κ1) is 14.0. The van der Waals surface area contributed by atoms with Gasteiger partial charge in [-0.25, -0.2) is 0 Å². The summed E-state index contributed by atoms with van der Waals surface area (Å²) >= 11 is 1.81. The van der Waals surface area contributed by atoms with Crippen molar-refractivity contribution in [2.24, 2.45) is 0 Å². The average Bonchev–Trinajstić information content (AvgIpc) is 2.68. The van der Waals surface area contributed by atoms with E-state index < -0.39 is 0 Å². The lowest BCUT2D eigenvalue weighted by Gasteiger charge is -2.06. The molecule has 19 heavy (non-hydrogen) atoms. The SMILES string of the molecule is CCSc1ccc(-c2nn(C(C)C)c(C)c2O)cc1. The Morgan fingerprint density at radius 2 is 1.89 bits per heavy atom. The van der Waals surface area contributed by atoms with Crippen molar-refractivity contribution in [3.63, 3.8) is 0 Å². The quantitative estimate of drug-likeness (QED) is 0.848. The Morgan fingerprint density at radius 3 is 2.37 bits per heavy atom. The van der Waals surface area contributed by atoms with Crippen LogP contribution in [0.25, 0.3) is 11.3 Å². The van der Waals surface area contributed by atoms with Gasteiger partial charge in [-0.3, -0.25) is 4.68 Å². The zero-order valence-electron chi connectivity index (χ0n) is 11.8. The second-order valence-electron chi connectivity index (χ2n) is 4.78. The van der Waals surface area contributed by atoms with Crippen molar-refractivity contribution in [3.8, 4) is 17.0 Å². The molecule has 0 atom stereocenters. The normalized spacial score (nSPS) is 11.2. The zero-order chi connectivity index (χ0) is 14.0. The van der Waals surface area contributed by atoms with Crippen LogP contribution in [-0.2, 0) is 0 Å². The van der Waals surface area contributed by atoms with E-state index in [1.165, 1.54) is 4.90 Å². The van der Waals surface area contributed by atoms with E-state index in [2.05, 4.69) is 38.0 Å². The van der Waals surface area contributed by atoms with E-state index in [0.29, 0.717) is 5.69 Å². The van der Waals surface area contributed by atoms with Crippen molar-refractivity contribution in [3.05, 3.63) is 30.0 Å². The summed E-state index contributed by atoms with van der Waals surface area (Å²) in [7, 11) is 0. The van der Waals surface area contributed by atoms with Crippen LogP contribution in [0.1, 0.15) is 32.5 Å². The molecule has 0 fully saturated rings. The molecule has 2 aromatic rings. The summed E-state index contributed by atoms with van der Waals surface area (Å²) in [5.74, 6) is 1.34. The topological polar surface area (TPSA) is 38.0 Å². The molecule has 0 radical (unpaired) electrons. The van der Waals surface area contributed by atoms with E-state index in [0.717, 1.165) is 17.0 Å². The van der Waals surface area contributed by atoms with Crippen molar-refractivity contribution in [1.29, 1.82) is 0 Å². The van der Waals surface area contributed by atoms with Crippen molar-refractivity contribution < 1.29 is 5.11 Å². The fraction of sp³-hybridized carbons (Fsp3) is 0.400. The zero-order valence-corrected chi connectivity index (χ0v) is 12.7. The molecule has 2 rings (SSSR count). The van der Waals surface area contributed by atoms with E-state index in [1.807, 2.05) is 35.5 Å². The molecule has 0 aliphatic rings. The van der Waals surface area contributed by atoms with Gasteiger partial charge in [0.15, 0.2) is 5.75 Å². The molecule has 0 bridgehead atoms. The highest BCUT2D eigenvalue weighted by atomic mass is 32.2. The van der Waals surface area contributed by atoms with E-state index >= 15 is 0 Å². The summed E-state index contributed by atoms with van der Waals surface area (Å²) in [5, 5.41) is 14.7. The summed E-state index contributed by atoms with van der Waals surface area (Å²) in [6.45, 7) is 8.15. The first-order valence-electron chi connectivity index (χ1n) is 6.55. The largest absolute Gasteiger partial charge is 0.504 e. The number of rotatable bonds is 4. The summed E-state index contributed by atoms with van der Waals surface area (Å²) in [6.07, 6.45) is 0. The Kier molecular flexibility index (Phi) is 4.20. The van der Waals surface area contributed by atoms with Gasteiger partial charge in [0.05, 0.1) is 5.69 Å². The Morgan fingerprint density at radius 1 is 1.26 bits per heavy atom. The van der Waals surface area contributed by atoms with Crippen LogP contribution in [-0.4, -0.2) is 20.6 Å². The molecule has 1 aromatic heterocycles. The van der Waals surface area contributed by atoms with E-state index in [1.54, 1.807) is 0 Å². The molecular weight excluding hydrogens is 256 g/mol. The van der Waals surface area contributed by atoms with Gasteiger partial charge in [-0.15, -0.1) is 11.8 Å². The molecule has 0 aliphatic carbocycles. The molecule has 0 amide bonds. The summed E-state index contributed by atoms with van der Waals surface area (Å²) in [6, 6.07) is 8.43. The van der Waals surface area contributed by atoms with Gasteiger partial charge in [0, 0.05) is 16.5 Å². The van der Waals surface area contributed by atoms with Crippen molar-refractivity contribution in [1.82, 2.24) is 9.78 Å². The Hall–Kier alpha value is -1.42. The molecule has 3 nitrogen and oxygen atoms in total. The van der Waals surface area contributed by atoms with Crippen LogP contribution in [0.5, 0.6) is 5.75 Å². The van der Waals surface area contributed by atoms with Gasteiger partial charge in [-0.05, 0) is 38.7 Å². The van der Waals surface area contributed by atoms with Gasteiger partial charge in [0.2, 0.25) is 0 Å². The maximum atomic E-state index is 10.2. The average molecular weight is 276 g/mol. The maximum Gasteiger partial charge on any atom is 0.164 e. The van der Waals surface area contributed by atoms with Gasteiger partial charge in [0.25, 0.3) is 0 Å². The molecule has 1 N–H and O–H groups in total. The molecule has 102 valence electrons. The highest BCUT2D eigenvalue weighted by Crippen LogP contribution is 2.33. The van der Waals surface area contributed by atoms with Gasteiger partial charge in [-0.2, -0.15) is 5.10 Å². The number of aromatic nitrogens is 2. The maximum absolute atomic E-state index is 10.2. The van der Waals surface area contributed by atoms with E-state index in [-0.39, 0.29) is 11.8 Å². The van der Waals surface area contributed by atoms with Crippen LogP contribution in [0.2, 0.25) is 0 Å².